The van der Waals surface area contributed by atoms with Crippen molar-refractivity contribution >= 4 is 6.09 Å². The van der Waals surface area contributed by atoms with Crippen LogP contribution in [0.15, 0.2) is 36.4 Å². The number of ether oxygens (including phenoxy) is 1. The average molecular weight is 331 g/mol. The first-order valence-corrected chi connectivity index (χ1v) is 7.73. The molecule has 1 amide bonds. The second-order valence-electron chi connectivity index (χ2n) is 5.77. The van der Waals surface area contributed by atoms with Gasteiger partial charge < -0.3 is 19.8 Å². The van der Waals surface area contributed by atoms with Crippen molar-refractivity contribution in [1.82, 2.24) is 4.90 Å². The Morgan fingerprint density at radius 1 is 1.12 bits per heavy atom. The molecule has 1 aliphatic heterocycles. The standard InChI is InChI=1S/C18H18FNO4/c19-15-3-1-12(2-4-15)6-8-24-18(23)20-7-5-13-9-16(21)17(22)10-14(13)11-20/h1-4,9-10,21-22H,5-8,11H2. The Balaban J connectivity index is 1.54. The molecule has 0 saturated carbocycles. The molecule has 0 fully saturated rings. The van der Waals surface area contributed by atoms with E-state index in [4.69, 9.17) is 4.74 Å². The molecule has 0 aromatic heterocycles. The van der Waals surface area contributed by atoms with Crippen molar-refractivity contribution in [3.05, 3.63) is 58.9 Å². The van der Waals surface area contributed by atoms with Crippen molar-refractivity contribution in [3.8, 4) is 11.5 Å². The smallest absolute Gasteiger partial charge is 0.410 e. The number of fused-ring (bicyclic) bond motifs is 1. The van der Waals surface area contributed by atoms with E-state index >= 15 is 0 Å². The number of benzene rings is 2. The summed E-state index contributed by atoms with van der Waals surface area (Å²) < 4.78 is 18.1. The molecular weight excluding hydrogens is 313 g/mol. The van der Waals surface area contributed by atoms with Crippen LogP contribution in [-0.4, -0.2) is 34.4 Å². The van der Waals surface area contributed by atoms with Gasteiger partial charge in [0.1, 0.15) is 5.82 Å². The molecule has 3 rings (SSSR count). The fourth-order valence-corrected chi connectivity index (χ4v) is 2.74. The fourth-order valence-electron chi connectivity index (χ4n) is 2.74. The highest BCUT2D eigenvalue weighted by molar-refractivity contribution is 5.68. The summed E-state index contributed by atoms with van der Waals surface area (Å²) in [6, 6.07) is 9.08. The maximum atomic E-state index is 12.8. The SMILES string of the molecule is O=C(OCCc1ccc(F)cc1)N1CCc2cc(O)c(O)cc2C1. The molecule has 24 heavy (non-hydrogen) atoms. The van der Waals surface area contributed by atoms with E-state index in [1.54, 1.807) is 17.0 Å². The topological polar surface area (TPSA) is 70.0 Å². The van der Waals surface area contributed by atoms with Gasteiger partial charge in [-0.2, -0.15) is 0 Å². The Hall–Kier alpha value is -2.76. The highest BCUT2D eigenvalue weighted by atomic mass is 19.1. The number of phenolic OH excluding ortho intramolecular Hbond substituents is 2. The minimum atomic E-state index is -0.421. The van der Waals surface area contributed by atoms with Gasteiger partial charge in [-0.3, -0.25) is 0 Å². The molecule has 2 aromatic rings. The first kappa shape index (κ1) is 16.1. The van der Waals surface area contributed by atoms with E-state index in [1.165, 1.54) is 24.3 Å². The average Bonchev–Trinajstić information content (AvgIpc) is 2.57. The summed E-state index contributed by atoms with van der Waals surface area (Å²) in [6.45, 7) is 1.04. The van der Waals surface area contributed by atoms with Gasteiger partial charge in [-0.25, -0.2) is 9.18 Å². The van der Waals surface area contributed by atoms with Crippen molar-refractivity contribution in [2.24, 2.45) is 0 Å². The second kappa shape index (κ2) is 6.78. The van der Waals surface area contributed by atoms with E-state index in [0.29, 0.717) is 25.9 Å². The molecule has 0 aliphatic carbocycles. The molecule has 1 aliphatic rings. The summed E-state index contributed by atoms with van der Waals surface area (Å²) in [5, 5.41) is 19.1. The molecule has 126 valence electrons. The second-order valence-corrected chi connectivity index (χ2v) is 5.77. The molecule has 0 bridgehead atoms. The molecule has 1 heterocycles. The van der Waals surface area contributed by atoms with Crippen LogP contribution in [0.1, 0.15) is 16.7 Å². The van der Waals surface area contributed by atoms with Crippen LogP contribution in [-0.2, 0) is 24.1 Å². The summed E-state index contributed by atoms with van der Waals surface area (Å²) in [5.41, 5.74) is 2.61. The predicted octanol–water partition coefficient (Wildman–Crippen LogP) is 2.97. The summed E-state index contributed by atoms with van der Waals surface area (Å²) in [4.78, 5) is 13.7. The predicted molar refractivity (Wildman–Crippen MR) is 85.3 cm³/mol. The van der Waals surface area contributed by atoms with Crippen molar-refractivity contribution in [3.63, 3.8) is 0 Å². The number of nitrogens with zero attached hydrogens (tertiary/aromatic N) is 1. The molecule has 0 atom stereocenters. The van der Waals surface area contributed by atoms with Gasteiger partial charge in [-0.05, 0) is 47.4 Å². The van der Waals surface area contributed by atoms with Gasteiger partial charge >= 0.3 is 6.09 Å². The maximum Gasteiger partial charge on any atom is 0.410 e. The van der Waals surface area contributed by atoms with E-state index in [1.807, 2.05) is 0 Å². The van der Waals surface area contributed by atoms with Gasteiger partial charge in [0.2, 0.25) is 0 Å². The third kappa shape index (κ3) is 3.59. The van der Waals surface area contributed by atoms with Crippen LogP contribution >= 0.6 is 0 Å². The number of hydrogen-bond donors (Lipinski definition) is 2. The van der Waals surface area contributed by atoms with E-state index < -0.39 is 6.09 Å². The molecular formula is C18H18FNO4. The Morgan fingerprint density at radius 2 is 1.79 bits per heavy atom. The first-order chi connectivity index (χ1) is 11.5. The third-order valence-corrected chi connectivity index (χ3v) is 4.10. The van der Waals surface area contributed by atoms with E-state index in [0.717, 1.165) is 16.7 Å². The molecule has 0 saturated heterocycles. The van der Waals surface area contributed by atoms with Crippen LogP contribution in [0.4, 0.5) is 9.18 Å². The molecule has 2 aromatic carbocycles. The fraction of sp³-hybridized carbons (Fsp3) is 0.278. The van der Waals surface area contributed by atoms with Crippen molar-refractivity contribution in [2.45, 2.75) is 19.4 Å². The molecule has 2 N–H and O–H groups in total. The number of phenols is 2. The number of halogens is 1. The minimum Gasteiger partial charge on any atom is -0.504 e. The lowest BCUT2D eigenvalue weighted by Gasteiger charge is -2.28. The number of carbonyl (C=O) groups excluding carboxylic acids is 1. The Labute approximate surface area is 138 Å². The Kier molecular flexibility index (Phi) is 4.55. The summed E-state index contributed by atoms with van der Waals surface area (Å²) in [5.74, 6) is -0.638. The zero-order chi connectivity index (χ0) is 17.1. The summed E-state index contributed by atoms with van der Waals surface area (Å²) >= 11 is 0. The number of carbonyl (C=O) groups is 1. The number of rotatable bonds is 3. The van der Waals surface area contributed by atoms with Crippen LogP contribution in [0.3, 0.4) is 0 Å². The minimum absolute atomic E-state index is 0.149. The van der Waals surface area contributed by atoms with Gasteiger partial charge in [0.15, 0.2) is 11.5 Å². The van der Waals surface area contributed by atoms with Crippen LogP contribution in [0, 0.1) is 5.82 Å². The van der Waals surface area contributed by atoms with E-state index in [-0.39, 0.29) is 23.9 Å². The van der Waals surface area contributed by atoms with Crippen molar-refractivity contribution in [2.75, 3.05) is 13.2 Å². The molecule has 0 unspecified atom stereocenters. The highest BCUT2D eigenvalue weighted by Crippen LogP contribution is 2.31. The van der Waals surface area contributed by atoms with E-state index in [9.17, 15) is 19.4 Å². The first-order valence-electron chi connectivity index (χ1n) is 7.73. The maximum absolute atomic E-state index is 12.8. The lowest BCUT2D eigenvalue weighted by Crippen LogP contribution is -2.36. The van der Waals surface area contributed by atoms with Crippen LogP contribution in [0.2, 0.25) is 0 Å². The van der Waals surface area contributed by atoms with E-state index in [2.05, 4.69) is 0 Å². The quantitative estimate of drug-likeness (QED) is 0.849. The summed E-state index contributed by atoms with van der Waals surface area (Å²) in [7, 11) is 0. The normalized spacial score (nSPS) is 13.5. The summed E-state index contributed by atoms with van der Waals surface area (Å²) in [6.07, 6.45) is 0.691. The van der Waals surface area contributed by atoms with Gasteiger partial charge in [0.25, 0.3) is 0 Å². The largest absolute Gasteiger partial charge is 0.504 e. The van der Waals surface area contributed by atoms with Crippen molar-refractivity contribution in [1.29, 1.82) is 0 Å². The molecule has 5 nitrogen and oxygen atoms in total. The number of aromatic hydroxyl groups is 2. The lowest BCUT2D eigenvalue weighted by molar-refractivity contribution is 0.0987. The number of hydrogen-bond acceptors (Lipinski definition) is 4. The highest BCUT2D eigenvalue weighted by Gasteiger charge is 2.23. The molecule has 6 heteroatoms. The van der Waals surface area contributed by atoms with Crippen LogP contribution in [0.25, 0.3) is 0 Å². The zero-order valence-corrected chi connectivity index (χ0v) is 13.0. The van der Waals surface area contributed by atoms with Gasteiger partial charge in [-0.15, -0.1) is 0 Å². The van der Waals surface area contributed by atoms with Crippen molar-refractivity contribution < 1.29 is 24.1 Å². The van der Waals surface area contributed by atoms with Gasteiger partial charge in [0, 0.05) is 19.5 Å². The van der Waals surface area contributed by atoms with Crippen LogP contribution in [0.5, 0.6) is 11.5 Å². The van der Waals surface area contributed by atoms with Gasteiger partial charge in [-0.1, -0.05) is 12.1 Å². The van der Waals surface area contributed by atoms with Gasteiger partial charge in [0.05, 0.1) is 6.61 Å². The number of amides is 1. The van der Waals surface area contributed by atoms with Crippen LogP contribution < -0.4 is 0 Å². The Morgan fingerprint density at radius 3 is 2.50 bits per heavy atom. The Bertz CT molecular complexity index is 745. The molecule has 0 spiro atoms. The monoisotopic (exact) mass is 331 g/mol. The lowest BCUT2D eigenvalue weighted by atomic mass is 9.99. The third-order valence-electron chi connectivity index (χ3n) is 4.10. The molecule has 0 radical (unpaired) electrons. The zero-order valence-electron chi connectivity index (χ0n) is 13.0.